The van der Waals surface area contributed by atoms with Crippen LogP contribution in [0.15, 0.2) is 65.6 Å². The number of fused-ring (bicyclic) bond motifs is 2. The summed E-state index contributed by atoms with van der Waals surface area (Å²) in [6, 6.07) is 3.37. The van der Waals surface area contributed by atoms with E-state index in [0.29, 0.717) is 12.8 Å². The van der Waals surface area contributed by atoms with Crippen LogP contribution in [-0.2, 0) is 107 Å². The number of nitrogens with one attached hydrogen (secondary N) is 3. The first-order valence-corrected chi connectivity index (χ1v) is 38.9. The Kier molecular flexibility index (Phi) is 29.7. The number of aromatic amines is 3. The Balaban J connectivity index is 0.000000215. The molecule has 7 aliphatic rings. The van der Waals surface area contributed by atoms with Crippen molar-refractivity contribution in [1.82, 2.24) is 28.7 Å². The Bertz CT molecular complexity index is 4090. The van der Waals surface area contributed by atoms with Crippen molar-refractivity contribution in [3.63, 3.8) is 0 Å². The van der Waals surface area contributed by atoms with Gasteiger partial charge >= 0.3 is 57.3 Å². The van der Waals surface area contributed by atoms with Crippen molar-refractivity contribution >= 4 is 75.1 Å². The van der Waals surface area contributed by atoms with E-state index in [1.54, 1.807) is 69.2 Å². The minimum absolute atomic E-state index is 0.0161. The molecule has 0 radical (unpaired) electrons. The van der Waals surface area contributed by atoms with Gasteiger partial charge in [-0.3, -0.25) is 52.1 Å². The second-order valence-corrected chi connectivity index (χ2v) is 32.0. The van der Waals surface area contributed by atoms with Crippen LogP contribution in [0.4, 0.5) is 19.2 Å². The van der Waals surface area contributed by atoms with Crippen LogP contribution >= 0.6 is 50.4 Å². The number of carbonyl (C=O) groups excluding carboxylic acids is 4. The molecule has 0 unspecified atom stereocenters. The maximum Gasteiger partial charge on any atom is 0.510 e. The number of aliphatic hydroxyl groups excluding tert-OH is 2. The van der Waals surface area contributed by atoms with Crippen LogP contribution < -0.4 is 33.7 Å². The molecule has 5 aliphatic heterocycles. The molecule has 2 spiro atoms. The predicted octanol–water partition coefficient (Wildman–Crippen LogP) is 5.51. The van der Waals surface area contributed by atoms with Gasteiger partial charge in [0.2, 0.25) is 27.2 Å². The number of nitrogens with zero attached hydrogens (tertiary/aromatic N) is 3. The first-order valence-electron chi connectivity index (χ1n) is 34.4. The zero-order valence-corrected chi connectivity index (χ0v) is 65.7. The van der Waals surface area contributed by atoms with Crippen molar-refractivity contribution < 1.29 is 142 Å². The van der Waals surface area contributed by atoms with Crippen molar-refractivity contribution in [2.75, 3.05) is 64.6 Å². The highest BCUT2D eigenvalue weighted by Gasteiger charge is 2.74. The van der Waals surface area contributed by atoms with Crippen LogP contribution in [0.5, 0.6) is 0 Å². The van der Waals surface area contributed by atoms with E-state index >= 15 is 0 Å². The molecule has 2 saturated carbocycles. The number of alkyl halides is 3. The summed E-state index contributed by atoms with van der Waals surface area (Å²) in [6.45, 7) is 11.4. The van der Waals surface area contributed by atoms with E-state index < -0.39 is 227 Å². The minimum Gasteiger partial charge on any atom is -0.432 e. The average molecular weight is 1680 g/mol. The first kappa shape index (κ1) is 89.4. The molecule has 47 heteroatoms. The topological polar surface area (TPSA) is 522 Å². The molecule has 0 amide bonds. The van der Waals surface area contributed by atoms with E-state index in [1.165, 1.54) is 23.0 Å². The zero-order valence-electron chi connectivity index (χ0n) is 61.6. The van der Waals surface area contributed by atoms with Gasteiger partial charge in [0.25, 0.3) is 16.7 Å². The second kappa shape index (κ2) is 36.5. The number of H-pyrrole nitrogens is 3. The monoisotopic (exact) mass is 1670 g/mol. The van der Waals surface area contributed by atoms with Crippen molar-refractivity contribution in [3.05, 3.63) is 99.3 Å². The van der Waals surface area contributed by atoms with Crippen molar-refractivity contribution in [3.8, 4) is 0 Å². The Hall–Kier alpha value is -6.19. The summed E-state index contributed by atoms with van der Waals surface area (Å²) in [5, 5.41) is 31.9. The standard InChI is InChI=1S/C26H38ClN2O15P.C21H32ClN2O15P.C16H21ClN2O6/c1-16(2)40-22(32)35-14-38-45(34,39-15-36-23(33)41-17(3)4)37-13-25(12-27)19-24(5,44-26(42-19)9-6-7-10-26)20(43-25)29-11-8-18(30)28-21(29)31;1-12(2)37-18(28)32-10-35-40(31,36-11-33-19(29)38-13(3)4)34-9-21(8-22)15(26)20(5,30)16(39-21)24-7-6-14(25)23-17(24)27;1-14-11(23-16(25-14)5-2-3-6-16)15(8-17,9-20)24-12(14)19-7-4-10(21)18-13(19)22/h8,11,16-17,19-20H,6-7,9-10,12-15H2,1-5H3,(H,28,30,31);6-7,12-13,15-16,26,30H,8-11H2,1-5H3,(H,23,25,27);4,7,11-12,20H,2-3,5-6,8-9H2,1H3,(H,18,21,22)/t19-,20+,24+,25+;15-,16+,20+,21+;11-,12+,14+,15+/m000/s1. The lowest BCUT2D eigenvalue weighted by Gasteiger charge is -2.34. The predicted molar refractivity (Wildman–Crippen MR) is 371 cm³/mol. The molecular weight excluding hydrogens is 1590 g/mol. The fourth-order valence-electron chi connectivity index (χ4n) is 13.1. The maximum absolute atomic E-state index is 13.7. The lowest BCUT2D eigenvalue weighted by atomic mass is 9.89. The van der Waals surface area contributed by atoms with Gasteiger partial charge in [-0.05, 0) is 102 Å². The van der Waals surface area contributed by atoms with E-state index in [2.05, 4.69) is 19.4 Å². The summed E-state index contributed by atoms with van der Waals surface area (Å²) in [5.41, 5.74) is -13.6. The number of phosphoric ester groups is 2. The third-order valence-electron chi connectivity index (χ3n) is 17.8. The van der Waals surface area contributed by atoms with Gasteiger partial charge in [-0.2, -0.15) is 0 Å². The number of hydrogen-bond donors (Lipinski definition) is 6. The molecular formula is C63H91Cl3N6O36P2. The first-order chi connectivity index (χ1) is 51.6. The molecule has 3 aromatic heterocycles. The molecule has 2 aliphatic carbocycles. The van der Waals surface area contributed by atoms with Crippen LogP contribution in [-0.4, -0.2) is 221 Å². The third kappa shape index (κ3) is 20.7. The molecule has 12 atom stereocenters. The van der Waals surface area contributed by atoms with Crippen LogP contribution in [0, 0.1) is 0 Å². The number of carbonyl (C=O) groups is 4. The summed E-state index contributed by atoms with van der Waals surface area (Å²) in [6.07, 6.45) is -3.95. The summed E-state index contributed by atoms with van der Waals surface area (Å²) >= 11 is 18.7. The Labute approximate surface area is 640 Å². The van der Waals surface area contributed by atoms with Crippen molar-refractivity contribution in [1.29, 1.82) is 0 Å². The van der Waals surface area contributed by atoms with E-state index in [4.69, 9.17) is 124 Å². The van der Waals surface area contributed by atoms with E-state index in [1.807, 2.05) is 4.98 Å². The fourth-order valence-corrected chi connectivity index (χ4v) is 15.8. The van der Waals surface area contributed by atoms with Crippen molar-refractivity contribution in [2.24, 2.45) is 0 Å². The highest BCUT2D eigenvalue weighted by Crippen LogP contribution is 2.62. The molecule has 620 valence electrons. The molecule has 6 N–H and O–H groups in total. The van der Waals surface area contributed by atoms with Gasteiger partial charge in [0.05, 0.1) is 61.9 Å². The maximum atomic E-state index is 13.7. The molecule has 0 bridgehead atoms. The Morgan fingerprint density at radius 1 is 0.482 bits per heavy atom. The number of phosphoric acid groups is 2. The molecule has 0 aromatic carbocycles. The second-order valence-electron chi connectivity index (χ2n) is 27.8. The molecule has 42 nitrogen and oxygen atoms in total. The lowest BCUT2D eigenvalue weighted by molar-refractivity contribution is -0.248. The highest BCUT2D eigenvalue weighted by molar-refractivity contribution is 7.48. The smallest absolute Gasteiger partial charge is 0.432 e. The van der Waals surface area contributed by atoms with Gasteiger partial charge in [-0.25, -0.2) is 60.8 Å². The summed E-state index contributed by atoms with van der Waals surface area (Å²) in [4.78, 5) is 125. The fraction of sp³-hybridized carbons (Fsp3) is 0.746. The third-order valence-corrected chi connectivity index (χ3v) is 21.8. The summed E-state index contributed by atoms with van der Waals surface area (Å²) in [7, 11) is -9.52. The Morgan fingerprint density at radius 3 is 1.07 bits per heavy atom. The van der Waals surface area contributed by atoms with E-state index in [0.717, 1.165) is 72.9 Å². The zero-order chi connectivity index (χ0) is 81.2. The number of halogens is 3. The van der Waals surface area contributed by atoms with Gasteiger partial charge in [-0.15, -0.1) is 34.8 Å². The van der Waals surface area contributed by atoms with Gasteiger partial charge in [0, 0.05) is 62.5 Å². The van der Waals surface area contributed by atoms with Gasteiger partial charge in [0.1, 0.15) is 51.9 Å². The normalized spacial score (nSPS) is 29.0. The number of aromatic nitrogens is 6. The molecule has 5 saturated heterocycles. The van der Waals surface area contributed by atoms with Crippen LogP contribution in [0.3, 0.4) is 0 Å². The van der Waals surface area contributed by atoms with Gasteiger partial charge < -0.3 is 86.4 Å². The quantitative estimate of drug-likeness (QED) is 0.0164. The SMILES string of the molecule is CC(C)OC(=O)OCOP(=O)(OCOC(=O)OC(C)C)OC[C@@]1(CCl)O[C@@H](n2ccc(=O)[nH]c2=O)[C@](C)(O)[C@@H]1O.CC(C)OC(=O)OCOP(=O)(OCOC(=O)OC(C)C)OC[C@@]1(CCl)O[C@@H](n2ccc(=O)[nH]c2=O)[C@]2(C)OC3(CCCC3)O[C@H]12.C[C@@]12OC3(CCCC3)O[C@@H]1[C@](CO)(CCl)O[C@H]2n1ccc(=O)[nH]c1=O. The largest absolute Gasteiger partial charge is 0.510 e. The Morgan fingerprint density at radius 2 is 0.773 bits per heavy atom. The minimum atomic E-state index is -4.80. The number of aliphatic hydroxyl groups is 3. The average Bonchev–Trinajstić information content (AvgIpc) is 1.54. The molecule has 8 heterocycles. The summed E-state index contributed by atoms with van der Waals surface area (Å²) < 4.78 is 143. The number of ether oxygens (including phenoxy) is 15. The molecule has 3 aromatic rings. The van der Waals surface area contributed by atoms with Crippen LogP contribution in [0.1, 0.15) is 146 Å². The highest BCUT2D eigenvalue weighted by atomic mass is 35.5. The molecule has 110 heavy (non-hydrogen) atoms. The number of rotatable bonds is 29. The van der Waals surface area contributed by atoms with Crippen molar-refractivity contribution in [2.45, 2.75) is 234 Å². The van der Waals surface area contributed by atoms with Gasteiger partial charge in [0.15, 0.2) is 30.3 Å². The molecule has 7 fully saturated rings. The molecule has 10 rings (SSSR count). The van der Waals surface area contributed by atoms with E-state index in [-0.39, 0.29) is 18.4 Å². The lowest BCUT2D eigenvalue weighted by Crippen LogP contribution is -2.53. The summed E-state index contributed by atoms with van der Waals surface area (Å²) in [5.74, 6) is -2.67. The van der Waals surface area contributed by atoms with Gasteiger partial charge in [-0.1, -0.05) is 0 Å². The van der Waals surface area contributed by atoms with Crippen LogP contribution in [0.2, 0.25) is 0 Å². The van der Waals surface area contributed by atoms with Crippen LogP contribution in [0.25, 0.3) is 0 Å². The number of hydrogen-bond acceptors (Lipinski definition) is 36. The van der Waals surface area contributed by atoms with E-state index in [9.17, 15) is 72.4 Å².